The van der Waals surface area contributed by atoms with Gasteiger partial charge in [-0.15, -0.1) is 5.10 Å². The van der Waals surface area contributed by atoms with Gasteiger partial charge in [-0.05, 0) is 46.4 Å². The molecule has 9 nitrogen and oxygen atoms in total. The van der Waals surface area contributed by atoms with Crippen molar-refractivity contribution < 1.29 is 9.34 Å². The zero-order valence-corrected chi connectivity index (χ0v) is 15.5. The van der Waals surface area contributed by atoms with Crippen LogP contribution in [0.3, 0.4) is 0 Å². The molecule has 11 heteroatoms. The van der Waals surface area contributed by atoms with E-state index in [1.165, 1.54) is 10.9 Å². The van der Waals surface area contributed by atoms with Crippen molar-refractivity contribution in [1.29, 1.82) is 0 Å². The number of rotatable bonds is 6. The van der Waals surface area contributed by atoms with Gasteiger partial charge in [-0.1, -0.05) is 15.9 Å². The van der Waals surface area contributed by atoms with Crippen LogP contribution in [0.4, 0.5) is 11.5 Å². The van der Waals surface area contributed by atoms with E-state index in [0.717, 1.165) is 10.2 Å². The number of nitrogens with one attached hydrogen (secondary N) is 1. The maximum Gasteiger partial charge on any atom is 0.381 e. The summed E-state index contributed by atoms with van der Waals surface area (Å²) in [6.07, 6.45) is 1.34. The summed E-state index contributed by atoms with van der Waals surface area (Å²) in [6.45, 7) is 2.22. The van der Waals surface area contributed by atoms with Crippen molar-refractivity contribution in [3.63, 3.8) is 0 Å². The van der Waals surface area contributed by atoms with Crippen molar-refractivity contribution in [3.8, 4) is 0 Å². The molecule has 1 N–H and O–H groups in total. The maximum atomic E-state index is 10.8. The van der Waals surface area contributed by atoms with Gasteiger partial charge in [0.05, 0.1) is 0 Å². The van der Waals surface area contributed by atoms with Gasteiger partial charge in [0.25, 0.3) is 4.84 Å². The zero-order valence-electron chi connectivity index (χ0n) is 13.0. The number of hydrogen-bond donors (Lipinski definition) is 1. The van der Waals surface area contributed by atoms with Gasteiger partial charge in [0.1, 0.15) is 19.4 Å². The number of halogens is 1. The molecular formula is C14H13BrN6O3S. The molecule has 3 aromatic rings. The number of aryl methyl sites for hydroxylation is 1. The number of anilines is 1. The number of nitrogens with zero attached hydrogens (tertiary/aromatic N) is 5. The molecule has 0 aliphatic rings. The third-order valence-electron chi connectivity index (χ3n) is 3.38. The Morgan fingerprint density at radius 1 is 1.40 bits per heavy atom. The third kappa shape index (κ3) is 4.12. The van der Waals surface area contributed by atoms with Gasteiger partial charge in [0.15, 0.2) is 0 Å². The van der Waals surface area contributed by atoms with Crippen molar-refractivity contribution in [1.82, 2.24) is 19.3 Å². The quantitative estimate of drug-likeness (QED) is 0.366. The van der Waals surface area contributed by atoms with Gasteiger partial charge < -0.3 is 19.8 Å². The van der Waals surface area contributed by atoms with Crippen LogP contribution in [0.5, 0.6) is 0 Å². The largest absolute Gasteiger partial charge is 0.412 e. The molecule has 1 aromatic carbocycles. The molecule has 2 aromatic heterocycles. The summed E-state index contributed by atoms with van der Waals surface area (Å²) in [4.78, 5) is 14.3. The summed E-state index contributed by atoms with van der Waals surface area (Å²) in [6, 6.07) is 7.68. The van der Waals surface area contributed by atoms with E-state index in [1.54, 1.807) is 11.5 Å². The Morgan fingerprint density at radius 2 is 2.12 bits per heavy atom. The topological polar surface area (TPSA) is 104 Å². The second-order valence-electron chi connectivity index (χ2n) is 5.13. The fraction of sp³-hybridized carbons (Fsp3) is 0.214. The number of nitro groups is 1. The third-order valence-corrected chi connectivity index (χ3v) is 4.20. The number of imidazole rings is 1. The second-order valence-corrected chi connectivity index (χ2v) is 6.40. The predicted molar refractivity (Wildman–Crippen MR) is 95.8 cm³/mol. The molecule has 130 valence electrons. The fourth-order valence-corrected chi connectivity index (χ4v) is 2.60. The second kappa shape index (κ2) is 7.15. The summed E-state index contributed by atoms with van der Waals surface area (Å²) >= 11 is 8.54. The molecule has 0 unspecified atom stereocenters. The van der Waals surface area contributed by atoms with E-state index < -0.39 is 4.92 Å². The van der Waals surface area contributed by atoms with Crippen LogP contribution >= 0.6 is 28.1 Å². The van der Waals surface area contributed by atoms with Gasteiger partial charge in [-0.2, -0.15) is 0 Å². The lowest BCUT2D eigenvalue weighted by Gasteiger charge is -2.05. The molecule has 0 atom stereocenters. The summed E-state index contributed by atoms with van der Waals surface area (Å²) in [5, 5.41) is 18.2. The van der Waals surface area contributed by atoms with Crippen molar-refractivity contribution in [2.24, 2.45) is 0 Å². The number of hydrogen-bond acceptors (Lipinski definition) is 7. The first-order chi connectivity index (χ1) is 11.9. The summed E-state index contributed by atoms with van der Waals surface area (Å²) in [5.41, 5.74) is 0.913. The Hall–Kier alpha value is -2.53. The summed E-state index contributed by atoms with van der Waals surface area (Å²) < 4.78 is 9.54. The van der Waals surface area contributed by atoms with E-state index in [4.69, 9.17) is 16.6 Å². The van der Waals surface area contributed by atoms with Gasteiger partial charge in [0, 0.05) is 17.1 Å². The zero-order chi connectivity index (χ0) is 18.0. The molecule has 25 heavy (non-hydrogen) atoms. The van der Waals surface area contributed by atoms with E-state index >= 15 is 0 Å². The molecule has 0 amide bonds. The van der Waals surface area contributed by atoms with E-state index in [-0.39, 0.29) is 17.2 Å². The van der Waals surface area contributed by atoms with Gasteiger partial charge in [-0.25, -0.2) is 4.68 Å². The van der Waals surface area contributed by atoms with Crippen molar-refractivity contribution in [3.05, 3.63) is 61.6 Å². The lowest BCUT2D eigenvalue weighted by Crippen LogP contribution is -2.10. The average Bonchev–Trinajstić information content (AvgIpc) is 3.10. The lowest BCUT2D eigenvalue weighted by molar-refractivity contribution is -0.389. The van der Waals surface area contributed by atoms with Crippen molar-refractivity contribution in [2.45, 2.75) is 20.1 Å². The minimum Gasteiger partial charge on any atom is -0.412 e. The fourth-order valence-electron chi connectivity index (χ4n) is 2.13. The van der Waals surface area contributed by atoms with E-state index in [2.05, 4.69) is 31.3 Å². The Morgan fingerprint density at radius 3 is 2.76 bits per heavy atom. The first kappa shape index (κ1) is 17.3. The van der Waals surface area contributed by atoms with E-state index in [9.17, 15) is 10.1 Å². The van der Waals surface area contributed by atoms with Gasteiger partial charge in [-0.3, -0.25) is 4.57 Å². The highest BCUT2D eigenvalue weighted by Crippen LogP contribution is 2.15. The number of aromatic nitrogens is 4. The maximum absolute atomic E-state index is 10.8. The first-order valence-corrected chi connectivity index (χ1v) is 8.37. The average molecular weight is 425 g/mol. The smallest absolute Gasteiger partial charge is 0.381 e. The van der Waals surface area contributed by atoms with Crippen molar-refractivity contribution in [2.75, 3.05) is 5.32 Å². The van der Waals surface area contributed by atoms with E-state index in [0.29, 0.717) is 18.4 Å². The highest BCUT2D eigenvalue weighted by Gasteiger charge is 2.17. The lowest BCUT2D eigenvalue weighted by atomic mass is 10.3. The molecule has 0 bridgehead atoms. The molecule has 0 aliphatic carbocycles. The van der Waals surface area contributed by atoms with Crippen LogP contribution in [0.25, 0.3) is 0 Å². The highest BCUT2D eigenvalue weighted by atomic mass is 79.9. The first-order valence-electron chi connectivity index (χ1n) is 7.17. The molecule has 0 fully saturated rings. The molecular weight excluding hydrogens is 412 g/mol. The molecule has 0 saturated heterocycles. The van der Waals surface area contributed by atoms with Crippen LogP contribution < -0.4 is 5.32 Å². The normalized spacial score (nSPS) is 10.8. The standard InChI is InChI=1S/C14H13BrN6O3S/c1-9-17-12(21(22)23)6-19(9)7-13-18-20(14(25)24-13)8-16-11-4-2-10(15)3-5-11/h2-6,16H,7-8H2,1H3. The van der Waals surface area contributed by atoms with Crippen LogP contribution in [-0.4, -0.2) is 24.3 Å². The van der Waals surface area contributed by atoms with Crippen LogP contribution in [0, 0.1) is 21.9 Å². The van der Waals surface area contributed by atoms with E-state index in [1.807, 2.05) is 24.3 Å². The Kier molecular flexibility index (Phi) is 4.95. The summed E-state index contributed by atoms with van der Waals surface area (Å²) in [5.74, 6) is 0.626. The number of benzene rings is 1. The molecule has 3 rings (SSSR count). The van der Waals surface area contributed by atoms with Gasteiger partial charge in [0.2, 0.25) is 11.7 Å². The molecule has 2 heterocycles. The SMILES string of the molecule is Cc1nc([N+](=O)[O-])cn1Cc1nn(CNc2ccc(Br)cc2)c(=S)o1. The Labute approximate surface area is 155 Å². The monoisotopic (exact) mass is 424 g/mol. The minimum absolute atomic E-state index is 0.210. The molecule has 0 saturated carbocycles. The minimum atomic E-state index is -0.542. The Balaban J connectivity index is 1.71. The highest BCUT2D eigenvalue weighted by molar-refractivity contribution is 9.10. The molecule has 0 aliphatic heterocycles. The summed E-state index contributed by atoms with van der Waals surface area (Å²) in [7, 11) is 0. The van der Waals surface area contributed by atoms with Crippen LogP contribution in [-0.2, 0) is 13.2 Å². The van der Waals surface area contributed by atoms with Gasteiger partial charge >= 0.3 is 5.82 Å². The van der Waals surface area contributed by atoms with Crippen molar-refractivity contribution >= 4 is 39.7 Å². The molecule has 0 radical (unpaired) electrons. The Bertz CT molecular complexity index is 962. The van der Waals surface area contributed by atoms with Crippen LogP contribution in [0.1, 0.15) is 11.7 Å². The van der Waals surface area contributed by atoms with Crippen LogP contribution in [0.15, 0.2) is 39.4 Å². The predicted octanol–water partition coefficient (Wildman–Crippen LogP) is 3.50. The molecule has 0 spiro atoms. The van der Waals surface area contributed by atoms with Crippen LogP contribution in [0.2, 0.25) is 0 Å².